The number of allylic oxidation sites excluding steroid dienone is 2. The summed E-state index contributed by atoms with van der Waals surface area (Å²) >= 11 is 0. The van der Waals surface area contributed by atoms with Gasteiger partial charge in [-0.05, 0) is 31.6 Å². The van der Waals surface area contributed by atoms with E-state index in [1.54, 1.807) is 7.11 Å². The van der Waals surface area contributed by atoms with Crippen LogP contribution in [0.25, 0.3) is 0 Å². The first-order valence-corrected chi connectivity index (χ1v) is 4.66. The van der Waals surface area contributed by atoms with Crippen molar-refractivity contribution < 1.29 is 4.74 Å². The molecule has 12 heavy (non-hydrogen) atoms. The monoisotopic (exact) mass is 166 g/mol. The van der Waals surface area contributed by atoms with E-state index in [2.05, 4.69) is 18.7 Å². The first-order chi connectivity index (χ1) is 5.84. The van der Waals surface area contributed by atoms with Gasteiger partial charge in [-0.1, -0.05) is 24.3 Å². The predicted molar refractivity (Wildman–Crippen MR) is 52.1 cm³/mol. The van der Waals surface area contributed by atoms with Crippen LogP contribution in [-0.2, 0) is 4.74 Å². The molecule has 0 N–H and O–H groups in total. The summed E-state index contributed by atoms with van der Waals surface area (Å²) in [5.41, 5.74) is 1.36. The van der Waals surface area contributed by atoms with Crippen LogP contribution in [0.1, 0.15) is 25.7 Å². The third-order valence-electron chi connectivity index (χ3n) is 2.47. The lowest BCUT2D eigenvalue weighted by Crippen LogP contribution is -2.07. The van der Waals surface area contributed by atoms with Crippen molar-refractivity contribution >= 4 is 0 Å². The molecule has 0 spiro atoms. The van der Waals surface area contributed by atoms with Crippen LogP contribution in [0.3, 0.4) is 0 Å². The Bertz CT molecular complexity index is 170. The van der Waals surface area contributed by atoms with Gasteiger partial charge < -0.3 is 4.74 Å². The van der Waals surface area contributed by atoms with Crippen molar-refractivity contribution in [3.8, 4) is 0 Å². The summed E-state index contributed by atoms with van der Waals surface area (Å²) in [6, 6.07) is 0. The fourth-order valence-electron chi connectivity index (χ4n) is 1.60. The van der Waals surface area contributed by atoms with E-state index in [0.717, 1.165) is 13.0 Å². The van der Waals surface area contributed by atoms with Gasteiger partial charge in [-0.15, -0.1) is 0 Å². The summed E-state index contributed by atoms with van der Waals surface area (Å²) in [5.74, 6) is 0.713. The minimum absolute atomic E-state index is 0.713. The largest absolute Gasteiger partial charge is 0.384 e. The number of hydrogen-bond acceptors (Lipinski definition) is 1. The summed E-state index contributed by atoms with van der Waals surface area (Å²) in [6.07, 6.45) is 9.24. The molecule has 0 radical (unpaired) electrons. The normalized spacial score (nSPS) is 22.6. The second kappa shape index (κ2) is 5.15. The van der Waals surface area contributed by atoms with Gasteiger partial charge in [0.2, 0.25) is 0 Å². The quantitative estimate of drug-likeness (QED) is 0.583. The molecule has 1 nitrogen and oxygen atoms in total. The maximum atomic E-state index is 5.02. The maximum absolute atomic E-state index is 5.02. The Labute approximate surface area is 75.1 Å². The third-order valence-corrected chi connectivity index (χ3v) is 2.47. The molecule has 1 unspecified atom stereocenters. The van der Waals surface area contributed by atoms with Crippen LogP contribution in [0.5, 0.6) is 0 Å². The average molecular weight is 166 g/mol. The van der Waals surface area contributed by atoms with Gasteiger partial charge in [-0.25, -0.2) is 0 Å². The predicted octanol–water partition coefficient (Wildman–Crippen LogP) is 2.94. The van der Waals surface area contributed by atoms with Crippen molar-refractivity contribution in [1.82, 2.24) is 0 Å². The summed E-state index contributed by atoms with van der Waals surface area (Å²) in [6.45, 7) is 4.92. The second-order valence-corrected chi connectivity index (χ2v) is 3.38. The Balaban J connectivity index is 2.26. The van der Waals surface area contributed by atoms with Gasteiger partial charge in [0.25, 0.3) is 0 Å². The van der Waals surface area contributed by atoms with Gasteiger partial charge in [0.15, 0.2) is 0 Å². The average Bonchev–Trinajstić information content (AvgIpc) is 2.15. The molecule has 0 fully saturated rings. The highest BCUT2D eigenvalue weighted by atomic mass is 16.5. The fraction of sp³-hybridized carbons (Fsp3) is 0.636. The van der Waals surface area contributed by atoms with Crippen LogP contribution in [0.15, 0.2) is 24.3 Å². The zero-order chi connectivity index (χ0) is 8.81. The number of methoxy groups -OCH3 is 1. The van der Waals surface area contributed by atoms with E-state index in [0.29, 0.717) is 5.92 Å². The van der Waals surface area contributed by atoms with Gasteiger partial charge in [-0.2, -0.15) is 0 Å². The minimum atomic E-state index is 0.713. The standard InChI is InChI=1S/C11H18O/c1-10(8-9-12-2)11-6-4-3-5-7-11/h3-4,11H,1,5-9H2,2H3. The zero-order valence-electron chi connectivity index (χ0n) is 7.88. The first-order valence-electron chi connectivity index (χ1n) is 4.66. The Morgan fingerprint density at radius 3 is 3.00 bits per heavy atom. The highest BCUT2D eigenvalue weighted by Crippen LogP contribution is 2.26. The summed E-state index contributed by atoms with van der Waals surface area (Å²) in [7, 11) is 1.74. The van der Waals surface area contributed by atoms with Crippen LogP contribution in [-0.4, -0.2) is 13.7 Å². The maximum Gasteiger partial charge on any atom is 0.0499 e. The van der Waals surface area contributed by atoms with Crippen LogP contribution >= 0.6 is 0 Å². The Morgan fingerprint density at radius 2 is 2.42 bits per heavy atom. The lowest BCUT2D eigenvalue weighted by Gasteiger charge is -2.19. The van der Waals surface area contributed by atoms with Crippen molar-refractivity contribution in [3.05, 3.63) is 24.3 Å². The van der Waals surface area contributed by atoms with Crippen molar-refractivity contribution in [1.29, 1.82) is 0 Å². The van der Waals surface area contributed by atoms with E-state index in [1.807, 2.05) is 0 Å². The SMILES string of the molecule is C=C(CCOC)C1CC=CCC1. The molecule has 0 amide bonds. The van der Waals surface area contributed by atoms with Gasteiger partial charge in [0, 0.05) is 13.7 Å². The fourth-order valence-corrected chi connectivity index (χ4v) is 1.60. The van der Waals surface area contributed by atoms with E-state index in [1.165, 1.54) is 24.8 Å². The van der Waals surface area contributed by atoms with Crippen LogP contribution < -0.4 is 0 Å². The van der Waals surface area contributed by atoms with E-state index in [4.69, 9.17) is 4.74 Å². The second-order valence-electron chi connectivity index (χ2n) is 3.38. The number of ether oxygens (including phenoxy) is 1. The van der Waals surface area contributed by atoms with Gasteiger partial charge in [-0.3, -0.25) is 0 Å². The van der Waals surface area contributed by atoms with E-state index in [-0.39, 0.29) is 0 Å². The molecule has 1 rings (SSSR count). The Kier molecular flexibility index (Phi) is 4.09. The molecule has 1 aliphatic rings. The molecule has 1 atom stereocenters. The summed E-state index contributed by atoms with van der Waals surface area (Å²) in [4.78, 5) is 0. The molecule has 0 bridgehead atoms. The molecule has 0 aromatic heterocycles. The van der Waals surface area contributed by atoms with Crippen molar-refractivity contribution in [2.45, 2.75) is 25.7 Å². The number of hydrogen-bond donors (Lipinski definition) is 0. The highest BCUT2D eigenvalue weighted by Gasteiger charge is 2.12. The van der Waals surface area contributed by atoms with E-state index in [9.17, 15) is 0 Å². The molecule has 1 aliphatic carbocycles. The van der Waals surface area contributed by atoms with Crippen LogP contribution in [0, 0.1) is 5.92 Å². The van der Waals surface area contributed by atoms with E-state index < -0.39 is 0 Å². The van der Waals surface area contributed by atoms with Crippen LogP contribution in [0.2, 0.25) is 0 Å². The smallest absolute Gasteiger partial charge is 0.0499 e. The van der Waals surface area contributed by atoms with Crippen molar-refractivity contribution in [2.24, 2.45) is 5.92 Å². The molecular weight excluding hydrogens is 148 g/mol. The lowest BCUT2D eigenvalue weighted by atomic mass is 9.87. The highest BCUT2D eigenvalue weighted by molar-refractivity contribution is 5.06. The third kappa shape index (κ3) is 2.82. The Hall–Kier alpha value is -0.560. The van der Waals surface area contributed by atoms with Gasteiger partial charge in [0.05, 0.1) is 0 Å². The zero-order valence-corrected chi connectivity index (χ0v) is 7.88. The Morgan fingerprint density at radius 1 is 1.58 bits per heavy atom. The van der Waals surface area contributed by atoms with Gasteiger partial charge in [0.1, 0.15) is 0 Å². The summed E-state index contributed by atoms with van der Waals surface area (Å²) in [5, 5.41) is 0. The molecule has 0 saturated carbocycles. The van der Waals surface area contributed by atoms with Crippen molar-refractivity contribution in [3.63, 3.8) is 0 Å². The summed E-state index contributed by atoms with van der Waals surface area (Å²) < 4.78 is 5.02. The van der Waals surface area contributed by atoms with Crippen molar-refractivity contribution in [2.75, 3.05) is 13.7 Å². The molecule has 0 heterocycles. The minimum Gasteiger partial charge on any atom is -0.384 e. The van der Waals surface area contributed by atoms with Gasteiger partial charge >= 0.3 is 0 Å². The molecule has 0 saturated heterocycles. The lowest BCUT2D eigenvalue weighted by molar-refractivity contribution is 0.199. The number of rotatable bonds is 4. The molecular formula is C11H18O. The molecule has 0 aromatic rings. The first kappa shape index (κ1) is 9.53. The molecule has 0 aliphatic heterocycles. The molecule has 0 aromatic carbocycles. The van der Waals surface area contributed by atoms with Crippen LogP contribution in [0.4, 0.5) is 0 Å². The van der Waals surface area contributed by atoms with E-state index >= 15 is 0 Å². The molecule has 1 heteroatoms. The topological polar surface area (TPSA) is 9.23 Å². The molecule has 68 valence electrons.